The van der Waals surface area contributed by atoms with Crippen LogP contribution in [0.5, 0.6) is 5.75 Å². The van der Waals surface area contributed by atoms with Crippen LogP contribution in [0.1, 0.15) is 16.9 Å². The second kappa shape index (κ2) is 11.0. The van der Waals surface area contributed by atoms with E-state index in [1.165, 1.54) is 42.5 Å². The number of rotatable bonds is 10. The minimum absolute atomic E-state index is 0.00410. The molecule has 0 aliphatic carbocycles. The molecule has 0 spiro atoms. The zero-order valence-corrected chi connectivity index (χ0v) is 20.0. The standard InChI is InChI=1S/C24H27N3O6S/c1-17-6-7-18(2)22(13-17)27(16-23(28)25-14-20-5-4-12-33-20)24(29)15-26-34(30,31)21-10-8-19(32-3)9-11-21/h4-13,26H,14-16H2,1-3H3,(H,25,28). The number of nitrogens with zero attached hydrogens (tertiary/aromatic N) is 1. The van der Waals surface area contributed by atoms with Gasteiger partial charge < -0.3 is 19.4 Å². The van der Waals surface area contributed by atoms with Gasteiger partial charge in [0.15, 0.2) is 0 Å². The van der Waals surface area contributed by atoms with Crippen molar-refractivity contribution in [3.63, 3.8) is 0 Å². The predicted octanol–water partition coefficient (Wildman–Crippen LogP) is 2.53. The van der Waals surface area contributed by atoms with Crippen LogP contribution >= 0.6 is 0 Å². The number of furan rings is 1. The van der Waals surface area contributed by atoms with Crippen LogP contribution in [0.3, 0.4) is 0 Å². The number of carbonyl (C=O) groups is 2. The largest absolute Gasteiger partial charge is 0.497 e. The Kier molecular flexibility index (Phi) is 8.08. The van der Waals surface area contributed by atoms with Gasteiger partial charge in [0, 0.05) is 5.69 Å². The number of ether oxygens (including phenoxy) is 1. The molecule has 1 heterocycles. The molecule has 0 radical (unpaired) electrons. The van der Waals surface area contributed by atoms with Crippen molar-refractivity contribution >= 4 is 27.5 Å². The molecule has 2 aromatic carbocycles. The van der Waals surface area contributed by atoms with Crippen molar-refractivity contribution in [3.05, 3.63) is 77.7 Å². The first-order valence-corrected chi connectivity index (χ1v) is 12.0. The Bertz CT molecular complexity index is 1240. The number of hydrogen-bond donors (Lipinski definition) is 2. The van der Waals surface area contributed by atoms with E-state index in [9.17, 15) is 18.0 Å². The molecule has 9 nitrogen and oxygen atoms in total. The molecule has 2 N–H and O–H groups in total. The summed E-state index contributed by atoms with van der Waals surface area (Å²) in [6, 6.07) is 14.8. The highest BCUT2D eigenvalue weighted by Gasteiger charge is 2.23. The molecule has 34 heavy (non-hydrogen) atoms. The number of amides is 2. The van der Waals surface area contributed by atoms with E-state index in [-0.39, 0.29) is 18.0 Å². The summed E-state index contributed by atoms with van der Waals surface area (Å²) in [5.41, 5.74) is 2.20. The van der Waals surface area contributed by atoms with E-state index in [1.807, 2.05) is 26.0 Å². The minimum atomic E-state index is -3.95. The summed E-state index contributed by atoms with van der Waals surface area (Å²) >= 11 is 0. The molecule has 3 aromatic rings. The van der Waals surface area contributed by atoms with Crippen molar-refractivity contribution in [2.45, 2.75) is 25.3 Å². The summed E-state index contributed by atoms with van der Waals surface area (Å²) in [4.78, 5) is 27.0. The van der Waals surface area contributed by atoms with Crippen LogP contribution < -0.4 is 19.7 Å². The van der Waals surface area contributed by atoms with Crippen molar-refractivity contribution in [1.29, 1.82) is 0 Å². The summed E-state index contributed by atoms with van der Waals surface area (Å²) < 4.78 is 37.9. The number of sulfonamides is 1. The van der Waals surface area contributed by atoms with E-state index in [4.69, 9.17) is 9.15 Å². The Balaban J connectivity index is 1.75. The second-order valence-electron chi connectivity index (χ2n) is 7.63. The number of carbonyl (C=O) groups excluding carboxylic acids is 2. The number of methoxy groups -OCH3 is 1. The Morgan fingerprint density at radius 3 is 2.44 bits per heavy atom. The highest BCUT2D eigenvalue weighted by Crippen LogP contribution is 2.22. The first-order valence-electron chi connectivity index (χ1n) is 10.5. The van der Waals surface area contributed by atoms with E-state index in [1.54, 1.807) is 18.2 Å². The lowest BCUT2D eigenvalue weighted by atomic mass is 10.1. The van der Waals surface area contributed by atoms with Gasteiger partial charge in [0.2, 0.25) is 21.8 Å². The molecular formula is C24H27N3O6S. The third kappa shape index (κ3) is 6.46. The third-order valence-corrected chi connectivity index (χ3v) is 6.50. The summed E-state index contributed by atoms with van der Waals surface area (Å²) in [6.07, 6.45) is 1.50. The fourth-order valence-electron chi connectivity index (χ4n) is 3.21. The fraction of sp³-hybridized carbons (Fsp3) is 0.250. The Morgan fingerprint density at radius 2 is 1.79 bits per heavy atom. The van der Waals surface area contributed by atoms with Crippen molar-refractivity contribution in [3.8, 4) is 5.75 Å². The Labute approximate surface area is 198 Å². The van der Waals surface area contributed by atoms with Crippen molar-refractivity contribution < 1.29 is 27.2 Å². The fourth-order valence-corrected chi connectivity index (χ4v) is 4.18. The van der Waals surface area contributed by atoms with Gasteiger partial charge in [-0.1, -0.05) is 12.1 Å². The lowest BCUT2D eigenvalue weighted by Gasteiger charge is -2.24. The molecule has 3 rings (SSSR count). The van der Waals surface area contributed by atoms with E-state index >= 15 is 0 Å². The number of aryl methyl sites for hydroxylation is 2. The van der Waals surface area contributed by atoms with Crippen LogP contribution in [0, 0.1) is 13.8 Å². The first-order chi connectivity index (χ1) is 16.2. The first kappa shape index (κ1) is 25.0. The third-order valence-electron chi connectivity index (χ3n) is 5.08. The summed E-state index contributed by atoms with van der Waals surface area (Å²) in [5, 5.41) is 2.71. The van der Waals surface area contributed by atoms with Gasteiger partial charge in [0.25, 0.3) is 0 Å². The van der Waals surface area contributed by atoms with Crippen LogP contribution in [0.4, 0.5) is 5.69 Å². The van der Waals surface area contributed by atoms with Crippen LogP contribution in [0.2, 0.25) is 0 Å². The predicted molar refractivity (Wildman–Crippen MR) is 127 cm³/mol. The molecule has 180 valence electrons. The van der Waals surface area contributed by atoms with E-state index < -0.39 is 28.4 Å². The van der Waals surface area contributed by atoms with Gasteiger partial charge in [-0.3, -0.25) is 9.59 Å². The summed E-state index contributed by atoms with van der Waals surface area (Å²) in [6.45, 7) is 3.05. The molecule has 0 atom stereocenters. The second-order valence-corrected chi connectivity index (χ2v) is 9.39. The average molecular weight is 486 g/mol. The zero-order chi connectivity index (χ0) is 24.7. The van der Waals surface area contributed by atoms with E-state index in [2.05, 4.69) is 10.0 Å². The molecule has 0 bridgehead atoms. The highest BCUT2D eigenvalue weighted by atomic mass is 32.2. The van der Waals surface area contributed by atoms with E-state index in [0.717, 1.165) is 11.1 Å². The molecule has 0 unspecified atom stereocenters. The lowest BCUT2D eigenvalue weighted by Crippen LogP contribution is -2.45. The van der Waals surface area contributed by atoms with Gasteiger partial charge in [-0.15, -0.1) is 0 Å². The highest BCUT2D eigenvalue weighted by molar-refractivity contribution is 7.89. The van der Waals surface area contributed by atoms with E-state index in [0.29, 0.717) is 17.2 Å². The van der Waals surface area contributed by atoms with Gasteiger partial charge in [0.1, 0.15) is 18.1 Å². The van der Waals surface area contributed by atoms with Gasteiger partial charge in [-0.25, -0.2) is 13.1 Å². The van der Waals surface area contributed by atoms with Crippen molar-refractivity contribution in [1.82, 2.24) is 10.0 Å². The molecule has 2 amide bonds. The number of hydrogen-bond acceptors (Lipinski definition) is 6. The molecule has 0 aliphatic heterocycles. The smallest absolute Gasteiger partial charge is 0.242 e. The number of benzene rings is 2. The maximum Gasteiger partial charge on any atom is 0.242 e. The Hall–Kier alpha value is -3.63. The number of nitrogens with one attached hydrogen (secondary N) is 2. The molecular weight excluding hydrogens is 458 g/mol. The molecule has 1 aromatic heterocycles. The maximum atomic E-state index is 13.1. The molecule has 0 aliphatic rings. The van der Waals surface area contributed by atoms with Crippen molar-refractivity contribution in [2.24, 2.45) is 0 Å². The SMILES string of the molecule is COc1ccc(S(=O)(=O)NCC(=O)N(CC(=O)NCc2ccco2)c2cc(C)ccc2C)cc1. The molecule has 0 fully saturated rings. The van der Waals surface area contributed by atoms with Gasteiger partial charge >= 0.3 is 0 Å². The summed E-state index contributed by atoms with van der Waals surface area (Å²) in [7, 11) is -2.47. The average Bonchev–Trinajstić information content (AvgIpc) is 3.35. The quantitative estimate of drug-likeness (QED) is 0.456. The minimum Gasteiger partial charge on any atom is -0.497 e. The Morgan fingerprint density at radius 1 is 1.06 bits per heavy atom. The van der Waals surface area contributed by atoms with Gasteiger partial charge in [-0.2, -0.15) is 0 Å². The summed E-state index contributed by atoms with van der Waals surface area (Å²) in [5.74, 6) is 0.101. The maximum absolute atomic E-state index is 13.1. The van der Waals surface area contributed by atoms with Gasteiger partial charge in [-0.05, 0) is 67.4 Å². The van der Waals surface area contributed by atoms with Crippen LogP contribution in [-0.2, 0) is 26.2 Å². The monoisotopic (exact) mass is 485 g/mol. The topological polar surface area (TPSA) is 118 Å². The van der Waals surface area contributed by atoms with Crippen LogP contribution in [0.15, 0.2) is 70.2 Å². The lowest BCUT2D eigenvalue weighted by molar-refractivity contribution is -0.123. The van der Waals surface area contributed by atoms with Crippen LogP contribution in [-0.4, -0.2) is 40.4 Å². The zero-order valence-electron chi connectivity index (χ0n) is 19.2. The van der Waals surface area contributed by atoms with Crippen molar-refractivity contribution in [2.75, 3.05) is 25.1 Å². The van der Waals surface area contributed by atoms with Crippen LogP contribution in [0.25, 0.3) is 0 Å². The molecule has 0 saturated carbocycles. The molecule has 10 heteroatoms. The molecule has 0 saturated heterocycles. The number of anilines is 1. The normalized spacial score (nSPS) is 11.1. The van der Waals surface area contributed by atoms with Gasteiger partial charge in [0.05, 0.1) is 31.4 Å².